The lowest BCUT2D eigenvalue weighted by Crippen LogP contribution is -2.48. The van der Waals surface area contributed by atoms with Crippen LogP contribution in [0.2, 0.25) is 0 Å². The van der Waals surface area contributed by atoms with Gasteiger partial charge in [-0.1, -0.05) is 24.3 Å². The summed E-state index contributed by atoms with van der Waals surface area (Å²) in [5, 5.41) is 0. The molecule has 0 spiro atoms. The molecule has 1 fully saturated rings. The number of carbonyl (C=O) groups excluding carboxylic acids is 1. The van der Waals surface area contributed by atoms with Crippen LogP contribution in [0.4, 0.5) is 0 Å². The van der Waals surface area contributed by atoms with Crippen molar-refractivity contribution in [3.63, 3.8) is 0 Å². The Labute approximate surface area is 144 Å². The lowest BCUT2D eigenvalue weighted by Gasteiger charge is -2.33. The normalized spacial score (nSPS) is 16.0. The van der Waals surface area contributed by atoms with E-state index in [0.717, 1.165) is 48.1 Å². The second kappa shape index (κ2) is 6.33. The molecule has 0 N–H and O–H groups in total. The van der Waals surface area contributed by atoms with Crippen LogP contribution >= 0.6 is 11.3 Å². The van der Waals surface area contributed by atoms with Crippen molar-refractivity contribution in [2.24, 2.45) is 0 Å². The molecule has 4 rings (SSSR count). The highest BCUT2D eigenvalue weighted by atomic mass is 32.1. The predicted octanol–water partition coefficient (Wildman–Crippen LogP) is 2.24. The Balaban J connectivity index is 1.53. The molecule has 0 radical (unpaired) electrons. The maximum atomic E-state index is 12.6. The Hall–Kier alpha value is -2.25. The number of carbonyl (C=O) groups is 1. The standard InChI is InChI=1S/C17H19N5OS/c1-2-20-6-8-21(9-7-20)16(23)14-11-22-12-15(24-17(22)19-14)13-4-3-5-18-10-13/h3-5,10-12H,2,6-9H2,1H3. The Bertz CT molecular complexity index is 817. The molecule has 124 valence electrons. The van der Waals surface area contributed by atoms with Crippen LogP contribution in [0, 0.1) is 0 Å². The minimum Gasteiger partial charge on any atom is -0.335 e. The lowest BCUT2D eigenvalue weighted by atomic mass is 10.2. The SMILES string of the molecule is CCN1CCN(C(=O)c2cn3cc(-c4cccnc4)sc3n2)CC1. The van der Waals surface area contributed by atoms with Gasteiger partial charge in [0.1, 0.15) is 5.69 Å². The molecule has 1 amide bonds. The highest BCUT2D eigenvalue weighted by Gasteiger charge is 2.23. The number of pyridine rings is 1. The van der Waals surface area contributed by atoms with Gasteiger partial charge in [-0.25, -0.2) is 4.98 Å². The summed E-state index contributed by atoms with van der Waals surface area (Å²) < 4.78 is 1.93. The van der Waals surface area contributed by atoms with E-state index in [-0.39, 0.29) is 5.91 Å². The number of piperazine rings is 1. The third kappa shape index (κ3) is 2.81. The first-order valence-electron chi connectivity index (χ1n) is 8.15. The smallest absolute Gasteiger partial charge is 0.274 e. The molecule has 3 aromatic heterocycles. The molecule has 0 aliphatic carbocycles. The van der Waals surface area contributed by atoms with Gasteiger partial charge in [-0.2, -0.15) is 0 Å². The van der Waals surface area contributed by atoms with E-state index in [1.165, 1.54) is 0 Å². The van der Waals surface area contributed by atoms with Gasteiger partial charge in [0, 0.05) is 56.5 Å². The number of imidazole rings is 1. The van der Waals surface area contributed by atoms with E-state index >= 15 is 0 Å². The van der Waals surface area contributed by atoms with Crippen LogP contribution in [0.5, 0.6) is 0 Å². The van der Waals surface area contributed by atoms with Crippen LogP contribution in [0.15, 0.2) is 36.9 Å². The number of rotatable bonds is 3. The van der Waals surface area contributed by atoms with Crippen molar-refractivity contribution in [1.29, 1.82) is 0 Å². The number of likely N-dealkylation sites (N-methyl/N-ethyl adjacent to an activating group) is 1. The summed E-state index contributed by atoms with van der Waals surface area (Å²) in [5.74, 6) is 0.0320. The molecule has 4 heterocycles. The van der Waals surface area contributed by atoms with E-state index in [1.54, 1.807) is 17.5 Å². The van der Waals surface area contributed by atoms with Crippen molar-refractivity contribution in [3.05, 3.63) is 42.6 Å². The number of hydrogen-bond acceptors (Lipinski definition) is 5. The molecule has 0 atom stereocenters. The zero-order valence-corrected chi connectivity index (χ0v) is 14.4. The van der Waals surface area contributed by atoms with Gasteiger partial charge in [0.05, 0.1) is 4.88 Å². The zero-order valence-electron chi connectivity index (χ0n) is 13.6. The predicted molar refractivity (Wildman–Crippen MR) is 94.3 cm³/mol. The number of thiazole rings is 1. The summed E-state index contributed by atoms with van der Waals surface area (Å²) in [5.41, 5.74) is 1.60. The second-order valence-corrected chi connectivity index (χ2v) is 6.89. The maximum absolute atomic E-state index is 12.6. The highest BCUT2D eigenvalue weighted by Crippen LogP contribution is 2.28. The van der Waals surface area contributed by atoms with E-state index < -0.39 is 0 Å². The van der Waals surface area contributed by atoms with Crippen LogP contribution < -0.4 is 0 Å². The van der Waals surface area contributed by atoms with Gasteiger partial charge in [0.15, 0.2) is 4.96 Å². The highest BCUT2D eigenvalue weighted by molar-refractivity contribution is 7.20. The van der Waals surface area contributed by atoms with Gasteiger partial charge in [0.25, 0.3) is 5.91 Å². The van der Waals surface area contributed by atoms with Crippen molar-refractivity contribution in [2.45, 2.75) is 6.92 Å². The summed E-state index contributed by atoms with van der Waals surface area (Å²) in [6.07, 6.45) is 7.44. The van der Waals surface area contributed by atoms with Gasteiger partial charge in [-0.15, -0.1) is 0 Å². The number of fused-ring (bicyclic) bond motifs is 1. The van der Waals surface area contributed by atoms with E-state index in [2.05, 4.69) is 21.8 Å². The van der Waals surface area contributed by atoms with Gasteiger partial charge in [0.2, 0.25) is 0 Å². The minimum absolute atomic E-state index is 0.0320. The molecule has 0 aromatic carbocycles. The van der Waals surface area contributed by atoms with Crippen molar-refractivity contribution < 1.29 is 4.79 Å². The second-order valence-electron chi connectivity index (χ2n) is 5.88. The fourth-order valence-corrected chi connectivity index (χ4v) is 3.93. The molecule has 0 saturated carbocycles. The number of amides is 1. The van der Waals surface area contributed by atoms with Gasteiger partial charge >= 0.3 is 0 Å². The summed E-state index contributed by atoms with van der Waals surface area (Å²) in [7, 11) is 0. The van der Waals surface area contributed by atoms with Gasteiger partial charge in [-0.05, 0) is 12.6 Å². The van der Waals surface area contributed by atoms with Crippen LogP contribution in [0.3, 0.4) is 0 Å². The monoisotopic (exact) mass is 341 g/mol. The van der Waals surface area contributed by atoms with Gasteiger partial charge in [-0.3, -0.25) is 14.2 Å². The fourth-order valence-electron chi connectivity index (χ4n) is 2.97. The maximum Gasteiger partial charge on any atom is 0.274 e. The molecule has 0 bridgehead atoms. The Morgan fingerprint density at radius 2 is 2.08 bits per heavy atom. The van der Waals surface area contributed by atoms with Crippen LogP contribution in [0.1, 0.15) is 17.4 Å². The minimum atomic E-state index is 0.0320. The van der Waals surface area contributed by atoms with E-state index in [9.17, 15) is 4.79 Å². The first kappa shape index (κ1) is 15.3. The Morgan fingerprint density at radius 3 is 2.75 bits per heavy atom. The largest absolute Gasteiger partial charge is 0.335 e. The first-order valence-corrected chi connectivity index (χ1v) is 8.97. The summed E-state index contributed by atoms with van der Waals surface area (Å²) in [6.45, 7) is 6.63. The molecule has 3 aromatic rings. The number of hydrogen-bond donors (Lipinski definition) is 0. The molecule has 7 heteroatoms. The van der Waals surface area contributed by atoms with Gasteiger partial charge < -0.3 is 9.80 Å². The Morgan fingerprint density at radius 1 is 1.25 bits per heavy atom. The molecule has 1 aliphatic heterocycles. The fraction of sp³-hybridized carbons (Fsp3) is 0.353. The van der Waals surface area contributed by atoms with E-state index in [0.29, 0.717) is 5.69 Å². The third-order valence-corrected chi connectivity index (χ3v) is 5.47. The topological polar surface area (TPSA) is 53.7 Å². The average Bonchev–Trinajstić information content (AvgIpc) is 3.21. The third-order valence-electron chi connectivity index (χ3n) is 4.43. The van der Waals surface area contributed by atoms with Crippen LogP contribution in [0.25, 0.3) is 15.4 Å². The first-order chi connectivity index (χ1) is 11.7. The Kier molecular flexibility index (Phi) is 4.03. The average molecular weight is 341 g/mol. The lowest BCUT2D eigenvalue weighted by molar-refractivity contribution is 0.0638. The van der Waals surface area contributed by atoms with E-state index in [1.807, 2.05) is 40.0 Å². The summed E-state index contributed by atoms with van der Waals surface area (Å²) >= 11 is 1.57. The van der Waals surface area contributed by atoms with Crippen molar-refractivity contribution in [2.75, 3.05) is 32.7 Å². The zero-order chi connectivity index (χ0) is 16.5. The quantitative estimate of drug-likeness (QED) is 0.733. The molecular formula is C17H19N5OS. The summed E-state index contributed by atoms with van der Waals surface area (Å²) in [4.78, 5) is 27.5. The van der Waals surface area contributed by atoms with Crippen molar-refractivity contribution in [1.82, 2.24) is 24.2 Å². The molecule has 1 saturated heterocycles. The molecule has 0 unspecified atom stereocenters. The number of nitrogens with zero attached hydrogens (tertiary/aromatic N) is 5. The molecule has 24 heavy (non-hydrogen) atoms. The molecular weight excluding hydrogens is 322 g/mol. The number of aromatic nitrogens is 3. The molecule has 1 aliphatic rings. The van der Waals surface area contributed by atoms with E-state index in [4.69, 9.17) is 0 Å². The van der Waals surface area contributed by atoms with Crippen molar-refractivity contribution in [3.8, 4) is 10.4 Å². The van der Waals surface area contributed by atoms with Crippen LogP contribution in [-0.4, -0.2) is 62.8 Å². The van der Waals surface area contributed by atoms with Crippen molar-refractivity contribution >= 4 is 22.2 Å². The van der Waals surface area contributed by atoms with Crippen LogP contribution in [-0.2, 0) is 0 Å². The molecule has 6 nitrogen and oxygen atoms in total. The summed E-state index contributed by atoms with van der Waals surface area (Å²) in [6, 6.07) is 3.94.